The molecule has 1 saturated carbocycles. The summed E-state index contributed by atoms with van der Waals surface area (Å²) in [6.45, 7) is 3.87. The largest absolute Gasteiger partial charge is 0.126 e. The summed E-state index contributed by atoms with van der Waals surface area (Å²) in [4.78, 5) is 1.41. The van der Waals surface area contributed by atoms with E-state index in [0.29, 0.717) is 0 Å². The lowest BCUT2D eigenvalue weighted by Crippen LogP contribution is -2.09. The first kappa shape index (κ1) is 11.8. The Morgan fingerprint density at radius 2 is 1.94 bits per heavy atom. The van der Waals surface area contributed by atoms with Gasteiger partial charge in [0.25, 0.3) is 0 Å². The monoisotopic (exact) mass is 232 g/mol. The van der Waals surface area contributed by atoms with Gasteiger partial charge in [0.1, 0.15) is 0 Å². The van der Waals surface area contributed by atoms with E-state index in [-0.39, 0.29) is 0 Å². The summed E-state index contributed by atoms with van der Waals surface area (Å²) < 4.78 is 0. The summed E-state index contributed by atoms with van der Waals surface area (Å²) in [6, 6.07) is 10.8. The van der Waals surface area contributed by atoms with Crippen molar-refractivity contribution in [1.82, 2.24) is 0 Å². The molecule has 1 aromatic rings. The highest BCUT2D eigenvalue weighted by atomic mass is 32.2. The predicted octanol–water partition coefficient (Wildman–Crippen LogP) is 4.77. The van der Waals surface area contributed by atoms with Gasteiger partial charge in [-0.05, 0) is 43.2 Å². The highest BCUT2D eigenvalue weighted by molar-refractivity contribution is 7.99. The van der Waals surface area contributed by atoms with Crippen LogP contribution in [0.1, 0.15) is 25.7 Å². The molecule has 2 atom stereocenters. The molecule has 1 fully saturated rings. The van der Waals surface area contributed by atoms with Crippen LogP contribution in [0.15, 0.2) is 47.9 Å². The van der Waals surface area contributed by atoms with Gasteiger partial charge in [-0.3, -0.25) is 0 Å². The minimum absolute atomic E-state index is 0.897. The quantitative estimate of drug-likeness (QED) is 0.520. The van der Waals surface area contributed by atoms with Crippen LogP contribution in [-0.2, 0) is 0 Å². The summed E-state index contributed by atoms with van der Waals surface area (Å²) in [5.41, 5.74) is 0. The minimum atomic E-state index is 0.897. The van der Waals surface area contributed by atoms with E-state index in [2.05, 4.69) is 43.0 Å². The molecule has 0 radical (unpaired) electrons. The topological polar surface area (TPSA) is 0 Å². The summed E-state index contributed by atoms with van der Waals surface area (Å²) >= 11 is 2.01. The van der Waals surface area contributed by atoms with Crippen LogP contribution in [0.5, 0.6) is 0 Å². The molecule has 86 valence electrons. The molecule has 0 nitrogen and oxygen atoms in total. The molecule has 0 unspecified atom stereocenters. The molecule has 0 amide bonds. The molecule has 1 heteroatoms. The summed E-state index contributed by atoms with van der Waals surface area (Å²) in [7, 11) is 0. The van der Waals surface area contributed by atoms with Crippen molar-refractivity contribution in [3.05, 3.63) is 43.0 Å². The lowest BCUT2D eigenvalue weighted by molar-refractivity contribution is 0.431. The van der Waals surface area contributed by atoms with Crippen LogP contribution < -0.4 is 0 Å². The maximum Gasteiger partial charge on any atom is 0.00720 e. The van der Waals surface area contributed by atoms with E-state index >= 15 is 0 Å². The van der Waals surface area contributed by atoms with Crippen LogP contribution in [0, 0.1) is 11.8 Å². The number of thioether (sulfide) groups is 1. The summed E-state index contributed by atoms with van der Waals surface area (Å²) in [5, 5.41) is 0. The molecule has 1 aliphatic carbocycles. The van der Waals surface area contributed by atoms with Crippen molar-refractivity contribution in [3.63, 3.8) is 0 Å². The Labute approximate surface area is 103 Å². The van der Waals surface area contributed by atoms with Gasteiger partial charge in [-0.15, -0.1) is 18.3 Å². The molecule has 0 spiro atoms. The smallest absolute Gasteiger partial charge is 0.00720 e. The maximum absolute atomic E-state index is 3.87. The number of hydrogen-bond donors (Lipinski definition) is 0. The van der Waals surface area contributed by atoms with Crippen LogP contribution in [0.4, 0.5) is 0 Å². The van der Waals surface area contributed by atoms with E-state index in [9.17, 15) is 0 Å². The van der Waals surface area contributed by atoms with E-state index in [1.807, 2.05) is 11.8 Å². The predicted molar refractivity (Wildman–Crippen MR) is 72.8 cm³/mol. The standard InChI is InChI=1S/C15H20S/c1-2-7-13-8-6-9-14(13)12-16-15-10-4-3-5-11-15/h2-5,10-11,13-14H,1,6-9,12H2/t13-,14+/m0/s1. The molecule has 1 aromatic carbocycles. The van der Waals surface area contributed by atoms with Crippen molar-refractivity contribution in [2.24, 2.45) is 11.8 Å². The lowest BCUT2D eigenvalue weighted by Gasteiger charge is -2.17. The lowest BCUT2D eigenvalue weighted by atomic mass is 9.95. The van der Waals surface area contributed by atoms with Crippen LogP contribution in [-0.4, -0.2) is 5.75 Å². The molecule has 0 aliphatic heterocycles. The zero-order valence-corrected chi connectivity index (χ0v) is 10.6. The third kappa shape index (κ3) is 3.15. The van der Waals surface area contributed by atoms with E-state index in [1.54, 1.807) is 0 Å². The summed E-state index contributed by atoms with van der Waals surface area (Å²) in [6.07, 6.45) is 7.54. The Balaban J connectivity index is 1.83. The third-order valence-electron chi connectivity index (χ3n) is 3.49. The van der Waals surface area contributed by atoms with Gasteiger partial charge in [0.2, 0.25) is 0 Å². The fourth-order valence-corrected chi connectivity index (χ4v) is 3.77. The van der Waals surface area contributed by atoms with Crippen LogP contribution in [0.25, 0.3) is 0 Å². The Kier molecular flexibility index (Phi) is 4.53. The van der Waals surface area contributed by atoms with Crippen molar-refractivity contribution in [3.8, 4) is 0 Å². The number of rotatable bonds is 5. The second-order valence-electron chi connectivity index (χ2n) is 4.60. The SMILES string of the molecule is C=CC[C@H]1CCC[C@@H]1CSc1ccccc1. The fourth-order valence-electron chi connectivity index (χ4n) is 2.58. The fraction of sp³-hybridized carbons (Fsp3) is 0.467. The zero-order valence-electron chi connectivity index (χ0n) is 9.77. The Hall–Kier alpha value is -0.690. The number of allylic oxidation sites excluding steroid dienone is 1. The van der Waals surface area contributed by atoms with E-state index in [4.69, 9.17) is 0 Å². The van der Waals surface area contributed by atoms with E-state index < -0.39 is 0 Å². The highest BCUT2D eigenvalue weighted by Crippen LogP contribution is 2.37. The second kappa shape index (κ2) is 6.15. The van der Waals surface area contributed by atoms with Crippen molar-refractivity contribution < 1.29 is 0 Å². The minimum Gasteiger partial charge on any atom is -0.126 e. The van der Waals surface area contributed by atoms with Gasteiger partial charge in [0.05, 0.1) is 0 Å². The molecular formula is C15H20S. The van der Waals surface area contributed by atoms with Gasteiger partial charge in [-0.25, -0.2) is 0 Å². The van der Waals surface area contributed by atoms with Gasteiger partial charge in [-0.2, -0.15) is 0 Å². The van der Waals surface area contributed by atoms with Crippen molar-refractivity contribution >= 4 is 11.8 Å². The average molecular weight is 232 g/mol. The first-order valence-corrected chi connectivity index (χ1v) is 7.17. The Morgan fingerprint density at radius 1 is 1.19 bits per heavy atom. The Bertz CT molecular complexity index is 317. The van der Waals surface area contributed by atoms with Gasteiger partial charge in [0.15, 0.2) is 0 Å². The van der Waals surface area contributed by atoms with Crippen LogP contribution in [0.3, 0.4) is 0 Å². The van der Waals surface area contributed by atoms with Gasteiger partial charge < -0.3 is 0 Å². The first-order valence-electron chi connectivity index (χ1n) is 6.19. The van der Waals surface area contributed by atoms with E-state index in [0.717, 1.165) is 11.8 Å². The molecular weight excluding hydrogens is 212 g/mol. The normalized spacial score (nSPS) is 24.5. The molecule has 2 rings (SSSR count). The van der Waals surface area contributed by atoms with Crippen LogP contribution >= 0.6 is 11.8 Å². The summed E-state index contributed by atoms with van der Waals surface area (Å²) in [5.74, 6) is 3.08. The molecule has 0 aromatic heterocycles. The molecule has 0 bridgehead atoms. The molecule has 16 heavy (non-hydrogen) atoms. The van der Waals surface area contributed by atoms with Gasteiger partial charge in [0, 0.05) is 10.6 Å². The van der Waals surface area contributed by atoms with Gasteiger partial charge in [-0.1, -0.05) is 30.7 Å². The van der Waals surface area contributed by atoms with Crippen molar-refractivity contribution in [1.29, 1.82) is 0 Å². The highest BCUT2D eigenvalue weighted by Gasteiger charge is 2.25. The average Bonchev–Trinajstić information content (AvgIpc) is 2.76. The number of benzene rings is 1. The third-order valence-corrected chi connectivity index (χ3v) is 4.69. The van der Waals surface area contributed by atoms with Gasteiger partial charge >= 0.3 is 0 Å². The van der Waals surface area contributed by atoms with Crippen molar-refractivity contribution in [2.45, 2.75) is 30.6 Å². The molecule has 0 saturated heterocycles. The van der Waals surface area contributed by atoms with Crippen LogP contribution in [0.2, 0.25) is 0 Å². The maximum atomic E-state index is 3.87. The van der Waals surface area contributed by atoms with Crippen molar-refractivity contribution in [2.75, 3.05) is 5.75 Å². The molecule has 1 aliphatic rings. The number of hydrogen-bond acceptors (Lipinski definition) is 1. The Morgan fingerprint density at radius 3 is 2.69 bits per heavy atom. The first-order chi connectivity index (χ1) is 7.90. The molecule has 0 heterocycles. The zero-order chi connectivity index (χ0) is 11.2. The molecule has 0 N–H and O–H groups in total. The van der Waals surface area contributed by atoms with E-state index in [1.165, 1.54) is 36.3 Å². The second-order valence-corrected chi connectivity index (χ2v) is 5.69.